The number of aromatic nitrogens is 3. The minimum atomic E-state index is 0.0563. The molecule has 4 heterocycles. The van der Waals surface area contributed by atoms with Crippen LogP contribution < -0.4 is 10.5 Å². The minimum Gasteiger partial charge on any atom is -0.487 e. The van der Waals surface area contributed by atoms with Gasteiger partial charge in [-0.05, 0) is 50.7 Å². The number of anilines is 1. The second kappa shape index (κ2) is 7.48. The Bertz CT molecular complexity index is 951. The first kappa shape index (κ1) is 19.6. The lowest BCUT2D eigenvalue weighted by atomic mass is 10.1. The molecule has 1 unspecified atom stereocenters. The molecule has 7 heteroatoms. The maximum Gasteiger partial charge on any atom is 0.166 e. The molecule has 4 aliphatic rings. The Balaban J connectivity index is 1.29. The summed E-state index contributed by atoms with van der Waals surface area (Å²) in [5, 5.41) is 5.13. The van der Waals surface area contributed by atoms with Gasteiger partial charge < -0.3 is 15.2 Å². The van der Waals surface area contributed by atoms with E-state index < -0.39 is 0 Å². The van der Waals surface area contributed by atoms with Crippen molar-refractivity contribution in [3.05, 3.63) is 24.0 Å². The Morgan fingerprint density at radius 3 is 2.48 bits per heavy atom. The maximum absolute atomic E-state index is 6.05. The van der Waals surface area contributed by atoms with Crippen molar-refractivity contribution in [2.75, 3.05) is 32.0 Å². The van der Waals surface area contributed by atoms with Crippen molar-refractivity contribution in [3.8, 4) is 17.0 Å². The highest BCUT2D eigenvalue weighted by Crippen LogP contribution is 2.59. The average molecular weight is 424 g/mol. The second-order valence-electron chi connectivity index (χ2n) is 10.1. The van der Waals surface area contributed by atoms with Crippen LogP contribution in [0.15, 0.2) is 18.3 Å². The van der Waals surface area contributed by atoms with Gasteiger partial charge in [0, 0.05) is 36.5 Å². The molecule has 2 aliphatic carbocycles. The van der Waals surface area contributed by atoms with Crippen LogP contribution in [0.25, 0.3) is 11.3 Å². The van der Waals surface area contributed by atoms with E-state index in [1.807, 2.05) is 26.1 Å². The summed E-state index contributed by atoms with van der Waals surface area (Å²) in [6.07, 6.45) is 6.98. The molecule has 2 aromatic rings. The molecular weight excluding hydrogens is 390 g/mol. The number of rotatable bonds is 6. The van der Waals surface area contributed by atoms with Crippen LogP contribution in [0.2, 0.25) is 0 Å². The first-order chi connectivity index (χ1) is 15.1. The van der Waals surface area contributed by atoms with Crippen LogP contribution in [0.4, 0.5) is 5.82 Å². The van der Waals surface area contributed by atoms with E-state index in [0.717, 1.165) is 36.3 Å². The fraction of sp³-hybridized carbons (Fsp3) is 0.667. The highest BCUT2D eigenvalue weighted by molar-refractivity contribution is 5.64. The Labute approximate surface area is 183 Å². The molecule has 2 aromatic heterocycles. The van der Waals surface area contributed by atoms with Crippen molar-refractivity contribution in [3.63, 3.8) is 0 Å². The third-order valence-electron chi connectivity index (χ3n) is 7.68. The van der Waals surface area contributed by atoms with Crippen LogP contribution in [-0.2, 0) is 4.74 Å². The van der Waals surface area contributed by atoms with Gasteiger partial charge in [-0.3, -0.25) is 9.58 Å². The maximum atomic E-state index is 6.05. The largest absolute Gasteiger partial charge is 0.487 e. The number of nitrogens with two attached hydrogens (primary N) is 1. The fourth-order valence-corrected chi connectivity index (χ4v) is 5.91. The van der Waals surface area contributed by atoms with Gasteiger partial charge in [-0.2, -0.15) is 5.10 Å². The van der Waals surface area contributed by atoms with Crippen LogP contribution >= 0.6 is 0 Å². The summed E-state index contributed by atoms with van der Waals surface area (Å²) in [5.74, 6) is 3.27. The zero-order chi connectivity index (χ0) is 21.1. The second-order valence-corrected chi connectivity index (χ2v) is 10.1. The Morgan fingerprint density at radius 1 is 1.10 bits per heavy atom. The predicted molar refractivity (Wildman–Crippen MR) is 119 cm³/mol. The summed E-state index contributed by atoms with van der Waals surface area (Å²) >= 11 is 0. The van der Waals surface area contributed by atoms with Crippen LogP contribution in [-0.4, -0.2) is 58.1 Å². The van der Waals surface area contributed by atoms with Crippen molar-refractivity contribution in [2.45, 2.75) is 63.6 Å². The highest BCUT2D eigenvalue weighted by Gasteiger charge is 2.59. The highest BCUT2D eigenvalue weighted by atomic mass is 16.5. The molecule has 2 aliphatic heterocycles. The van der Waals surface area contributed by atoms with Gasteiger partial charge >= 0.3 is 0 Å². The normalized spacial score (nSPS) is 28.8. The lowest BCUT2D eigenvalue weighted by Crippen LogP contribution is -2.48. The van der Waals surface area contributed by atoms with E-state index in [-0.39, 0.29) is 6.10 Å². The van der Waals surface area contributed by atoms with Crippen molar-refractivity contribution in [1.82, 2.24) is 19.7 Å². The minimum absolute atomic E-state index is 0.0563. The first-order valence-electron chi connectivity index (χ1n) is 11.9. The standard InChI is InChI=1S/C24H33N5O2/c1-14(2)31-22-7-15(9-26-24(22)25)20-8-21(29(27-20)16-5-3-4-6-16)23-18-10-28(11-19(18)23)17-12-30-13-17/h7-9,14,16-19,23H,3-6,10-13H2,1-2H3,(H2,25,26)/t18-,19+,23?. The topological polar surface area (TPSA) is 78.4 Å². The van der Waals surface area contributed by atoms with Gasteiger partial charge in [0.25, 0.3) is 0 Å². The molecule has 0 amide bonds. The molecule has 0 radical (unpaired) electrons. The van der Waals surface area contributed by atoms with E-state index in [2.05, 4.69) is 20.6 Å². The quantitative estimate of drug-likeness (QED) is 0.766. The zero-order valence-corrected chi connectivity index (χ0v) is 18.5. The molecule has 31 heavy (non-hydrogen) atoms. The lowest BCUT2D eigenvalue weighted by molar-refractivity contribution is -0.0610. The number of nitrogen functional groups attached to an aromatic ring is 1. The smallest absolute Gasteiger partial charge is 0.166 e. The van der Waals surface area contributed by atoms with Crippen LogP contribution in [0.5, 0.6) is 5.75 Å². The number of hydrogen-bond acceptors (Lipinski definition) is 6. The summed E-state index contributed by atoms with van der Waals surface area (Å²) in [6.45, 7) is 8.26. The van der Waals surface area contributed by atoms with Gasteiger partial charge in [-0.25, -0.2) is 4.98 Å². The predicted octanol–water partition coefficient (Wildman–Crippen LogP) is 3.47. The molecule has 0 spiro atoms. The number of nitrogens with zero attached hydrogens (tertiary/aromatic N) is 4. The first-order valence-corrected chi connectivity index (χ1v) is 11.9. The van der Waals surface area contributed by atoms with Crippen LogP contribution in [0.1, 0.15) is 57.2 Å². The van der Waals surface area contributed by atoms with Crippen molar-refractivity contribution in [2.24, 2.45) is 11.8 Å². The Hall–Kier alpha value is -2.12. The summed E-state index contributed by atoms with van der Waals surface area (Å²) in [4.78, 5) is 7.04. The summed E-state index contributed by atoms with van der Waals surface area (Å²) < 4.78 is 13.7. The van der Waals surface area contributed by atoms with Crippen LogP contribution in [0, 0.1) is 11.8 Å². The summed E-state index contributed by atoms with van der Waals surface area (Å²) in [5.41, 5.74) is 9.47. The average Bonchev–Trinajstić information content (AvgIpc) is 3.18. The van der Waals surface area contributed by atoms with Gasteiger partial charge in [-0.1, -0.05) is 12.8 Å². The van der Waals surface area contributed by atoms with Gasteiger partial charge in [-0.15, -0.1) is 0 Å². The zero-order valence-electron chi connectivity index (χ0n) is 18.5. The lowest BCUT2D eigenvalue weighted by Gasteiger charge is -2.35. The van der Waals surface area contributed by atoms with Crippen molar-refractivity contribution in [1.29, 1.82) is 0 Å². The molecule has 3 atom stereocenters. The molecular formula is C24H33N5O2. The molecule has 2 N–H and O–H groups in total. The third kappa shape index (κ3) is 3.42. The van der Waals surface area contributed by atoms with Crippen molar-refractivity contribution >= 4 is 5.82 Å². The number of pyridine rings is 1. The third-order valence-corrected chi connectivity index (χ3v) is 7.68. The van der Waals surface area contributed by atoms with Crippen molar-refractivity contribution < 1.29 is 9.47 Å². The molecule has 2 saturated carbocycles. The SMILES string of the molecule is CC(C)Oc1cc(-c2cc(C3[C@H]4CN(C5COC5)C[C@@H]34)n(C3CCCC3)n2)cnc1N. The molecule has 2 saturated heterocycles. The number of piperidine rings is 1. The van der Waals surface area contributed by atoms with E-state index in [9.17, 15) is 0 Å². The van der Waals surface area contributed by atoms with Gasteiger partial charge in [0.05, 0.1) is 37.1 Å². The fourth-order valence-electron chi connectivity index (χ4n) is 5.91. The molecule has 166 valence electrons. The van der Waals surface area contributed by atoms with Gasteiger partial charge in [0.1, 0.15) is 0 Å². The van der Waals surface area contributed by atoms with Gasteiger partial charge in [0.2, 0.25) is 0 Å². The van der Waals surface area contributed by atoms with E-state index in [1.165, 1.54) is 44.5 Å². The molecule has 0 aromatic carbocycles. The molecule has 6 rings (SSSR count). The van der Waals surface area contributed by atoms with E-state index >= 15 is 0 Å². The van der Waals surface area contributed by atoms with Crippen LogP contribution in [0.3, 0.4) is 0 Å². The molecule has 0 bridgehead atoms. The Morgan fingerprint density at radius 2 is 1.84 bits per heavy atom. The van der Waals surface area contributed by atoms with E-state index in [4.69, 9.17) is 20.3 Å². The molecule has 7 nitrogen and oxygen atoms in total. The monoisotopic (exact) mass is 423 g/mol. The number of fused-ring (bicyclic) bond motifs is 1. The molecule has 4 fully saturated rings. The van der Waals surface area contributed by atoms with Gasteiger partial charge in [0.15, 0.2) is 11.6 Å². The number of likely N-dealkylation sites (tertiary alicyclic amines) is 1. The van der Waals surface area contributed by atoms with E-state index in [1.54, 1.807) is 0 Å². The number of ether oxygens (including phenoxy) is 2. The summed E-state index contributed by atoms with van der Waals surface area (Å²) in [7, 11) is 0. The van der Waals surface area contributed by atoms with E-state index in [0.29, 0.717) is 29.6 Å². The summed E-state index contributed by atoms with van der Waals surface area (Å²) in [6, 6.07) is 5.52. The Kier molecular flexibility index (Phi) is 4.72. The number of hydrogen-bond donors (Lipinski definition) is 1.